The maximum absolute atomic E-state index is 12.7. The van der Waals surface area contributed by atoms with Gasteiger partial charge in [0.2, 0.25) is 0 Å². The molecule has 1 aliphatic heterocycles. The Morgan fingerprint density at radius 3 is 2.42 bits per heavy atom. The Morgan fingerprint density at radius 1 is 1.19 bits per heavy atom. The Morgan fingerprint density at radius 2 is 1.85 bits per heavy atom. The van der Waals surface area contributed by atoms with Crippen LogP contribution in [0.25, 0.3) is 0 Å². The number of ketones is 1. The summed E-state index contributed by atoms with van der Waals surface area (Å²) in [6, 6.07) is 10.1. The van der Waals surface area contributed by atoms with Crippen molar-refractivity contribution in [3.8, 4) is 5.75 Å². The summed E-state index contributed by atoms with van der Waals surface area (Å²) in [4.78, 5) is 30.6. The molecule has 0 fully saturated rings. The molecule has 0 spiro atoms. The number of pyridine rings is 1. The van der Waals surface area contributed by atoms with E-state index < -0.39 is 17.7 Å². The number of hydrogen-bond acceptors (Lipinski definition) is 5. The number of aliphatic hydroxyl groups is 1. The largest absolute Gasteiger partial charge is 0.503 e. The second kappa shape index (κ2) is 7.39. The fourth-order valence-electron chi connectivity index (χ4n) is 3.11. The molecule has 3 rings (SSSR count). The van der Waals surface area contributed by atoms with E-state index in [1.165, 1.54) is 4.90 Å². The van der Waals surface area contributed by atoms with Crippen molar-refractivity contribution in [2.75, 3.05) is 7.11 Å². The van der Waals surface area contributed by atoms with Gasteiger partial charge >= 0.3 is 0 Å². The molecule has 6 heteroatoms. The normalized spacial score (nSPS) is 16.9. The number of carbonyl (C=O) groups is 2. The van der Waals surface area contributed by atoms with Crippen molar-refractivity contribution in [2.24, 2.45) is 0 Å². The number of amides is 1. The van der Waals surface area contributed by atoms with Gasteiger partial charge < -0.3 is 14.7 Å². The first-order chi connectivity index (χ1) is 12.6. The van der Waals surface area contributed by atoms with Crippen molar-refractivity contribution in [3.05, 3.63) is 71.3 Å². The smallest absolute Gasteiger partial charge is 0.290 e. The molecule has 1 unspecified atom stereocenters. The lowest BCUT2D eigenvalue weighted by atomic mass is 9.95. The molecule has 1 atom stereocenters. The highest BCUT2D eigenvalue weighted by Crippen LogP contribution is 2.39. The quantitative estimate of drug-likeness (QED) is 0.864. The zero-order valence-electron chi connectivity index (χ0n) is 14.7. The molecule has 0 saturated carbocycles. The number of Topliss-reactive ketones (excluding diaryl/α,β-unsaturated/α-hetero) is 1. The van der Waals surface area contributed by atoms with Gasteiger partial charge in [-0.2, -0.15) is 0 Å². The van der Waals surface area contributed by atoms with E-state index in [1.807, 2.05) is 0 Å². The number of ether oxygens (including phenoxy) is 1. The minimum absolute atomic E-state index is 0.150. The molecule has 1 aliphatic rings. The van der Waals surface area contributed by atoms with Crippen LogP contribution in [-0.4, -0.2) is 33.8 Å². The summed E-state index contributed by atoms with van der Waals surface area (Å²) < 4.78 is 5.18. The van der Waals surface area contributed by atoms with Crippen molar-refractivity contribution in [1.29, 1.82) is 0 Å². The maximum atomic E-state index is 12.7. The topological polar surface area (TPSA) is 79.7 Å². The Bertz CT molecular complexity index is 844. The highest BCUT2D eigenvalue weighted by atomic mass is 16.5. The number of rotatable bonds is 6. The summed E-state index contributed by atoms with van der Waals surface area (Å²) in [6.45, 7) is 1.98. The van der Waals surface area contributed by atoms with E-state index in [2.05, 4.69) is 4.98 Å². The van der Waals surface area contributed by atoms with E-state index in [1.54, 1.807) is 62.8 Å². The van der Waals surface area contributed by atoms with Crippen LogP contribution in [0.4, 0.5) is 0 Å². The van der Waals surface area contributed by atoms with Crippen LogP contribution in [0.1, 0.15) is 30.5 Å². The molecule has 134 valence electrons. The first kappa shape index (κ1) is 17.7. The predicted octanol–water partition coefficient (Wildman–Crippen LogP) is 2.96. The van der Waals surface area contributed by atoms with Gasteiger partial charge in [-0.15, -0.1) is 0 Å². The van der Waals surface area contributed by atoms with E-state index in [0.29, 0.717) is 5.75 Å². The first-order valence-corrected chi connectivity index (χ1v) is 8.37. The molecule has 0 radical (unpaired) electrons. The number of methoxy groups -OCH3 is 1. The van der Waals surface area contributed by atoms with E-state index >= 15 is 0 Å². The molecule has 2 heterocycles. The summed E-state index contributed by atoms with van der Waals surface area (Å²) in [5.41, 5.74) is 1.76. The summed E-state index contributed by atoms with van der Waals surface area (Å²) in [5.74, 6) is -0.574. The molecule has 1 aromatic heterocycles. The molecule has 0 aliphatic carbocycles. The summed E-state index contributed by atoms with van der Waals surface area (Å²) in [7, 11) is 1.57. The lowest BCUT2D eigenvalue weighted by Gasteiger charge is -2.27. The average molecular weight is 352 g/mol. The van der Waals surface area contributed by atoms with Crippen LogP contribution in [0, 0.1) is 0 Å². The minimum Gasteiger partial charge on any atom is -0.503 e. The van der Waals surface area contributed by atoms with Crippen LogP contribution in [0.15, 0.2) is 60.1 Å². The fraction of sp³-hybridized carbons (Fsp3) is 0.250. The van der Waals surface area contributed by atoms with Gasteiger partial charge in [0.05, 0.1) is 18.7 Å². The van der Waals surface area contributed by atoms with Crippen LogP contribution >= 0.6 is 0 Å². The van der Waals surface area contributed by atoms with Gasteiger partial charge in [-0.1, -0.05) is 19.1 Å². The van der Waals surface area contributed by atoms with Gasteiger partial charge in [0.1, 0.15) is 5.75 Å². The zero-order chi connectivity index (χ0) is 18.7. The lowest BCUT2D eigenvalue weighted by molar-refractivity contribution is -0.130. The fourth-order valence-corrected chi connectivity index (χ4v) is 3.11. The number of nitrogens with zero attached hydrogens (tertiary/aromatic N) is 2. The SMILES string of the molecule is CCC(=O)C1=C(O)C(=O)N(Cc2ccncc2)C1c1ccc(OC)cc1. The van der Waals surface area contributed by atoms with Gasteiger partial charge in [-0.25, -0.2) is 0 Å². The molecule has 1 N–H and O–H groups in total. The van der Waals surface area contributed by atoms with Crippen molar-refractivity contribution in [3.63, 3.8) is 0 Å². The monoisotopic (exact) mass is 352 g/mol. The van der Waals surface area contributed by atoms with Gasteiger partial charge in [0.25, 0.3) is 5.91 Å². The zero-order valence-corrected chi connectivity index (χ0v) is 14.7. The average Bonchev–Trinajstić information content (AvgIpc) is 2.93. The second-order valence-electron chi connectivity index (χ2n) is 6.00. The first-order valence-electron chi connectivity index (χ1n) is 8.37. The Labute approximate surface area is 151 Å². The van der Waals surface area contributed by atoms with Crippen LogP contribution in [0.5, 0.6) is 5.75 Å². The Balaban J connectivity index is 2.04. The molecule has 1 amide bonds. The number of hydrogen-bond donors (Lipinski definition) is 1. The van der Waals surface area contributed by atoms with Gasteiger partial charge in [-0.05, 0) is 35.4 Å². The van der Waals surface area contributed by atoms with E-state index in [0.717, 1.165) is 11.1 Å². The highest BCUT2D eigenvalue weighted by Gasteiger charge is 2.42. The molecule has 26 heavy (non-hydrogen) atoms. The third-order valence-electron chi connectivity index (χ3n) is 4.46. The standard InChI is InChI=1S/C20H20N2O4/c1-3-16(23)17-18(14-4-6-15(26-2)7-5-14)22(20(25)19(17)24)12-13-8-10-21-11-9-13/h4-11,18,24H,3,12H2,1-2H3. The number of aromatic nitrogens is 1. The molecule has 0 bridgehead atoms. The minimum atomic E-state index is -0.631. The van der Waals surface area contributed by atoms with Crippen LogP contribution in [0.2, 0.25) is 0 Å². The third kappa shape index (κ3) is 3.18. The Hall–Kier alpha value is -3.15. The van der Waals surface area contributed by atoms with E-state index in [9.17, 15) is 14.7 Å². The van der Waals surface area contributed by atoms with Crippen molar-refractivity contribution >= 4 is 11.7 Å². The van der Waals surface area contributed by atoms with Crippen molar-refractivity contribution < 1.29 is 19.4 Å². The number of benzene rings is 1. The van der Waals surface area contributed by atoms with Crippen molar-refractivity contribution in [1.82, 2.24) is 9.88 Å². The number of aliphatic hydroxyl groups excluding tert-OH is 1. The van der Waals surface area contributed by atoms with E-state index in [4.69, 9.17) is 4.74 Å². The van der Waals surface area contributed by atoms with Gasteiger partial charge in [0.15, 0.2) is 11.5 Å². The molecule has 6 nitrogen and oxygen atoms in total. The molecule has 2 aromatic rings. The summed E-state index contributed by atoms with van der Waals surface area (Å²) in [5, 5.41) is 10.4. The highest BCUT2D eigenvalue weighted by molar-refractivity contribution is 6.08. The molecular weight excluding hydrogens is 332 g/mol. The van der Waals surface area contributed by atoms with Gasteiger partial charge in [-0.3, -0.25) is 14.6 Å². The third-order valence-corrected chi connectivity index (χ3v) is 4.46. The van der Waals surface area contributed by atoms with E-state index in [-0.39, 0.29) is 24.3 Å². The summed E-state index contributed by atoms with van der Waals surface area (Å²) >= 11 is 0. The lowest BCUT2D eigenvalue weighted by Crippen LogP contribution is -2.30. The summed E-state index contributed by atoms with van der Waals surface area (Å²) in [6.07, 6.45) is 3.50. The molecular formula is C20H20N2O4. The maximum Gasteiger partial charge on any atom is 0.290 e. The van der Waals surface area contributed by atoms with Crippen LogP contribution < -0.4 is 4.74 Å². The number of carbonyl (C=O) groups excluding carboxylic acids is 2. The van der Waals surface area contributed by atoms with Crippen LogP contribution in [0.3, 0.4) is 0 Å². The van der Waals surface area contributed by atoms with Gasteiger partial charge in [0, 0.05) is 25.4 Å². The Kier molecular flexibility index (Phi) is 5.02. The second-order valence-corrected chi connectivity index (χ2v) is 6.00. The molecule has 0 saturated heterocycles. The van der Waals surface area contributed by atoms with Crippen LogP contribution in [-0.2, 0) is 16.1 Å². The molecule has 1 aromatic carbocycles. The van der Waals surface area contributed by atoms with Crippen molar-refractivity contribution in [2.45, 2.75) is 25.9 Å². The predicted molar refractivity (Wildman–Crippen MR) is 95.5 cm³/mol.